The van der Waals surface area contributed by atoms with Gasteiger partial charge < -0.3 is 15.2 Å². The number of hydrogen-bond donors (Lipinski definition) is 2. The first-order chi connectivity index (χ1) is 8.08. The Bertz CT molecular complexity index is 335. The molecule has 0 bridgehead atoms. The minimum absolute atomic E-state index is 0.175. The van der Waals surface area contributed by atoms with E-state index in [0.29, 0.717) is 13.0 Å². The zero-order valence-electron chi connectivity index (χ0n) is 11.0. The van der Waals surface area contributed by atoms with Crippen molar-refractivity contribution >= 4 is 11.3 Å². The molecule has 1 heterocycles. The second-order valence-corrected chi connectivity index (χ2v) is 5.47. The fourth-order valence-corrected chi connectivity index (χ4v) is 2.89. The van der Waals surface area contributed by atoms with E-state index in [1.165, 1.54) is 4.88 Å². The Balaban J connectivity index is 2.62. The molecule has 0 amide bonds. The fraction of sp³-hybridized carbons (Fsp3) is 0.750. The van der Waals surface area contributed by atoms with E-state index in [0.717, 1.165) is 10.7 Å². The summed E-state index contributed by atoms with van der Waals surface area (Å²) in [4.78, 5) is 5.69. The quantitative estimate of drug-likeness (QED) is 0.783. The largest absolute Gasteiger partial charge is 0.396 e. The van der Waals surface area contributed by atoms with Crippen molar-refractivity contribution in [1.82, 2.24) is 10.3 Å². The second-order valence-electron chi connectivity index (χ2n) is 4.24. The number of thiazole rings is 1. The number of rotatable bonds is 7. The molecule has 0 aromatic carbocycles. The summed E-state index contributed by atoms with van der Waals surface area (Å²) >= 11 is 1.72. The third-order valence-corrected chi connectivity index (χ3v) is 3.92. The van der Waals surface area contributed by atoms with Crippen molar-refractivity contribution in [3.8, 4) is 0 Å². The van der Waals surface area contributed by atoms with Crippen LogP contribution in [0.2, 0.25) is 0 Å². The number of aliphatic hydroxyl groups excluding tert-OH is 1. The number of aliphatic hydroxyl groups is 1. The van der Waals surface area contributed by atoms with E-state index in [1.54, 1.807) is 18.4 Å². The van der Waals surface area contributed by atoms with Crippen LogP contribution in [0.5, 0.6) is 0 Å². The monoisotopic (exact) mass is 258 g/mol. The Morgan fingerprint density at radius 1 is 1.47 bits per heavy atom. The van der Waals surface area contributed by atoms with Crippen LogP contribution in [0, 0.1) is 13.8 Å². The molecule has 0 saturated carbocycles. The highest BCUT2D eigenvalue weighted by molar-refractivity contribution is 7.11. The summed E-state index contributed by atoms with van der Waals surface area (Å²) in [6.45, 7) is 6.97. The lowest BCUT2D eigenvalue weighted by atomic mass is 10.1. The SMILES string of the molecule is COCC(CCO)NC(C)c1sc(C)nc1C. The molecule has 2 N–H and O–H groups in total. The first-order valence-electron chi connectivity index (χ1n) is 5.88. The van der Waals surface area contributed by atoms with Crippen molar-refractivity contribution in [2.45, 2.75) is 39.3 Å². The van der Waals surface area contributed by atoms with Gasteiger partial charge in [-0.1, -0.05) is 0 Å². The molecule has 1 aromatic rings. The molecule has 0 aliphatic rings. The number of aryl methyl sites for hydroxylation is 2. The molecular weight excluding hydrogens is 236 g/mol. The normalized spacial score (nSPS) is 14.9. The Hall–Kier alpha value is -0.490. The predicted molar refractivity (Wildman–Crippen MR) is 70.5 cm³/mol. The van der Waals surface area contributed by atoms with Crippen LogP contribution in [0.3, 0.4) is 0 Å². The van der Waals surface area contributed by atoms with Gasteiger partial charge in [-0.15, -0.1) is 11.3 Å². The average molecular weight is 258 g/mol. The molecule has 0 radical (unpaired) electrons. The molecule has 0 saturated heterocycles. The van der Waals surface area contributed by atoms with Crippen molar-refractivity contribution in [3.05, 3.63) is 15.6 Å². The molecular formula is C12H22N2O2S. The smallest absolute Gasteiger partial charge is 0.0900 e. The summed E-state index contributed by atoms with van der Waals surface area (Å²) in [6.07, 6.45) is 0.703. The van der Waals surface area contributed by atoms with Crippen LogP contribution in [0.15, 0.2) is 0 Å². The van der Waals surface area contributed by atoms with Crippen LogP contribution >= 0.6 is 11.3 Å². The van der Waals surface area contributed by atoms with Gasteiger partial charge in [0.05, 0.1) is 17.3 Å². The standard InChI is InChI=1S/C12H22N2O2S/c1-8-12(17-10(3)13-8)9(2)14-11(5-6-15)7-16-4/h9,11,14-15H,5-7H2,1-4H3. The van der Waals surface area contributed by atoms with Gasteiger partial charge in [0.15, 0.2) is 0 Å². The van der Waals surface area contributed by atoms with Crippen molar-refractivity contribution in [2.75, 3.05) is 20.3 Å². The molecule has 17 heavy (non-hydrogen) atoms. The summed E-state index contributed by atoms with van der Waals surface area (Å²) in [6, 6.07) is 0.426. The zero-order valence-corrected chi connectivity index (χ0v) is 11.8. The van der Waals surface area contributed by atoms with Crippen LogP contribution < -0.4 is 5.32 Å². The van der Waals surface area contributed by atoms with Gasteiger partial charge in [-0.2, -0.15) is 0 Å². The molecule has 0 aliphatic carbocycles. The van der Waals surface area contributed by atoms with E-state index >= 15 is 0 Å². The van der Waals surface area contributed by atoms with E-state index in [1.807, 2.05) is 13.8 Å². The summed E-state index contributed by atoms with van der Waals surface area (Å²) in [5.74, 6) is 0. The number of methoxy groups -OCH3 is 1. The molecule has 2 atom stereocenters. The zero-order chi connectivity index (χ0) is 12.8. The lowest BCUT2D eigenvalue weighted by Crippen LogP contribution is -2.35. The van der Waals surface area contributed by atoms with Crippen molar-refractivity contribution < 1.29 is 9.84 Å². The van der Waals surface area contributed by atoms with Gasteiger partial charge in [-0.25, -0.2) is 4.98 Å². The predicted octanol–water partition coefficient (Wildman–Crippen LogP) is 1.81. The minimum Gasteiger partial charge on any atom is -0.396 e. The summed E-state index contributed by atoms with van der Waals surface area (Å²) in [5, 5.41) is 13.6. The summed E-state index contributed by atoms with van der Waals surface area (Å²) in [7, 11) is 1.68. The topological polar surface area (TPSA) is 54.4 Å². The van der Waals surface area contributed by atoms with E-state index in [-0.39, 0.29) is 18.7 Å². The van der Waals surface area contributed by atoms with Gasteiger partial charge in [0.2, 0.25) is 0 Å². The number of nitrogens with one attached hydrogen (secondary N) is 1. The first-order valence-corrected chi connectivity index (χ1v) is 6.69. The molecule has 1 aromatic heterocycles. The average Bonchev–Trinajstić information content (AvgIpc) is 2.58. The highest BCUT2D eigenvalue weighted by atomic mass is 32.1. The molecule has 2 unspecified atom stereocenters. The molecule has 98 valence electrons. The van der Waals surface area contributed by atoms with E-state index < -0.39 is 0 Å². The number of ether oxygens (including phenoxy) is 1. The minimum atomic E-state index is 0.175. The number of nitrogens with zero attached hydrogens (tertiary/aromatic N) is 1. The Morgan fingerprint density at radius 2 is 2.18 bits per heavy atom. The molecule has 0 fully saturated rings. The van der Waals surface area contributed by atoms with E-state index in [9.17, 15) is 0 Å². The van der Waals surface area contributed by atoms with Crippen molar-refractivity contribution in [1.29, 1.82) is 0 Å². The molecule has 0 aliphatic heterocycles. The summed E-state index contributed by atoms with van der Waals surface area (Å²) < 4.78 is 5.14. The van der Waals surface area contributed by atoms with Crippen LogP contribution in [0.25, 0.3) is 0 Å². The lowest BCUT2D eigenvalue weighted by molar-refractivity contribution is 0.144. The first kappa shape index (κ1) is 14.6. The van der Waals surface area contributed by atoms with Gasteiger partial charge in [0.1, 0.15) is 0 Å². The maximum Gasteiger partial charge on any atom is 0.0900 e. The lowest BCUT2D eigenvalue weighted by Gasteiger charge is -2.21. The van der Waals surface area contributed by atoms with Gasteiger partial charge in [0.25, 0.3) is 0 Å². The third kappa shape index (κ3) is 4.35. The highest BCUT2D eigenvalue weighted by Crippen LogP contribution is 2.24. The van der Waals surface area contributed by atoms with Crippen LogP contribution in [0.4, 0.5) is 0 Å². The number of aromatic nitrogens is 1. The highest BCUT2D eigenvalue weighted by Gasteiger charge is 2.17. The van der Waals surface area contributed by atoms with Gasteiger partial charge >= 0.3 is 0 Å². The van der Waals surface area contributed by atoms with Crippen LogP contribution in [-0.2, 0) is 4.74 Å². The number of hydrogen-bond acceptors (Lipinski definition) is 5. The third-order valence-electron chi connectivity index (χ3n) is 2.66. The van der Waals surface area contributed by atoms with Gasteiger partial charge in [-0.05, 0) is 27.2 Å². The molecule has 4 nitrogen and oxygen atoms in total. The maximum absolute atomic E-state index is 9.00. The Kier molecular flexibility index (Phi) is 6.05. The van der Waals surface area contributed by atoms with Crippen molar-refractivity contribution in [2.24, 2.45) is 0 Å². The Labute approximate surface area is 107 Å². The van der Waals surface area contributed by atoms with E-state index in [2.05, 4.69) is 17.2 Å². The molecule has 0 spiro atoms. The van der Waals surface area contributed by atoms with E-state index in [4.69, 9.17) is 9.84 Å². The van der Waals surface area contributed by atoms with Crippen molar-refractivity contribution in [3.63, 3.8) is 0 Å². The fourth-order valence-electron chi connectivity index (χ4n) is 1.95. The van der Waals surface area contributed by atoms with Crippen LogP contribution in [0.1, 0.15) is 35.0 Å². The second kappa shape index (κ2) is 7.06. The van der Waals surface area contributed by atoms with Gasteiger partial charge in [0, 0.05) is 30.7 Å². The summed E-state index contributed by atoms with van der Waals surface area (Å²) in [5.41, 5.74) is 1.09. The Morgan fingerprint density at radius 3 is 2.65 bits per heavy atom. The van der Waals surface area contributed by atoms with Gasteiger partial charge in [-0.3, -0.25) is 0 Å². The van der Waals surface area contributed by atoms with Crippen LogP contribution in [-0.4, -0.2) is 36.5 Å². The maximum atomic E-state index is 9.00. The molecule has 5 heteroatoms. The molecule has 1 rings (SSSR count).